The van der Waals surface area contributed by atoms with Crippen molar-refractivity contribution in [3.63, 3.8) is 0 Å². The number of rotatable bonds is 6. The van der Waals surface area contributed by atoms with Gasteiger partial charge >= 0.3 is 5.69 Å². The number of nitrogens with zero attached hydrogens (tertiary/aromatic N) is 3. The summed E-state index contributed by atoms with van der Waals surface area (Å²) < 4.78 is 2.55. The van der Waals surface area contributed by atoms with Crippen LogP contribution in [0.15, 0.2) is 15.9 Å². The normalized spacial score (nSPS) is 10.8. The Labute approximate surface area is 129 Å². The van der Waals surface area contributed by atoms with Crippen LogP contribution in [0, 0.1) is 10.1 Å². The first kappa shape index (κ1) is 15.0. The fourth-order valence-corrected chi connectivity index (χ4v) is 3.41. The standard InChI is InChI=1S/C12H15BrN4O2S/c1-3-4-9-11(17(18)19)12(16(2)15-9)14-7-10-8(13)5-6-20-10/h5-6,14H,3-4,7H2,1-2H3. The van der Waals surface area contributed by atoms with Crippen LogP contribution in [0.2, 0.25) is 0 Å². The summed E-state index contributed by atoms with van der Waals surface area (Å²) in [5, 5.41) is 20.6. The van der Waals surface area contributed by atoms with Crippen LogP contribution in [0.4, 0.5) is 11.5 Å². The molecule has 0 bridgehead atoms. The van der Waals surface area contributed by atoms with Crippen molar-refractivity contribution in [1.82, 2.24) is 9.78 Å². The Hall–Kier alpha value is -1.41. The van der Waals surface area contributed by atoms with E-state index in [0.717, 1.165) is 15.8 Å². The summed E-state index contributed by atoms with van der Waals surface area (Å²) in [4.78, 5) is 12.0. The van der Waals surface area contributed by atoms with Gasteiger partial charge in [-0.3, -0.25) is 10.1 Å². The Morgan fingerprint density at radius 3 is 2.90 bits per heavy atom. The molecule has 8 heteroatoms. The summed E-state index contributed by atoms with van der Waals surface area (Å²) in [5.41, 5.74) is 0.620. The molecule has 0 amide bonds. The molecule has 0 spiro atoms. The molecule has 108 valence electrons. The first-order valence-electron chi connectivity index (χ1n) is 6.20. The minimum absolute atomic E-state index is 0.0852. The van der Waals surface area contributed by atoms with E-state index in [0.29, 0.717) is 24.5 Å². The maximum atomic E-state index is 11.3. The van der Waals surface area contributed by atoms with E-state index in [4.69, 9.17) is 0 Å². The van der Waals surface area contributed by atoms with Crippen molar-refractivity contribution in [3.8, 4) is 0 Å². The van der Waals surface area contributed by atoms with Crippen molar-refractivity contribution in [2.75, 3.05) is 5.32 Å². The third kappa shape index (κ3) is 3.01. The largest absolute Gasteiger partial charge is 0.360 e. The van der Waals surface area contributed by atoms with E-state index in [2.05, 4.69) is 26.3 Å². The molecule has 0 aromatic carbocycles. The molecule has 0 atom stereocenters. The van der Waals surface area contributed by atoms with Crippen LogP contribution in [-0.4, -0.2) is 14.7 Å². The van der Waals surface area contributed by atoms with Crippen LogP contribution >= 0.6 is 27.3 Å². The topological polar surface area (TPSA) is 73.0 Å². The molecule has 2 rings (SSSR count). The van der Waals surface area contributed by atoms with Gasteiger partial charge in [-0.1, -0.05) is 13.3 Å². The molecule has 0 saturated carbocycles. The minimum atomic E-state index is -0.357. The van der Waals surface area contributed by atoms with Crippen LogP contribution < -0.4 is 5.32 Å². The zero-order valence-electron chi connectivity index (χ0n) is 11.2. The van der Waals surface area contributed by atoms with Crippen molar-refractivity contribution in [1.29, 1.82) is 0 Å². The molecule has 0 saturated heterocycles. The fraction of sp³-hybridized carbons (Fsp3) is 0.417. The maximum absolute atomic E-state index is 11.3. The van der Waals surface area contributed by atoms with Gasteiger partial charge in [-0.15, -0.1) is 11.3 Å². The van der Waals surface area contributed by atoms with Crippen LogP contribution in [0.1, 0.15) is 23.9 Å². The molecule has 2 heterocycles. The van der Waals surface area contributed by atoms with Gasteiger partial charge in [-0.05, 0) is 33.8 Å². The molecule has 0 aliphatic heterocycles. The summed E-state index contributed by atoms with van der Waals surface area (Å²) in [5.74, 6) is 0.457. The average Bonchev–Trinajstić information content (AvgIpc) is 2.91. The summed E-state index contributed by atoms with van der Waals surface area (Å²) >= 11 is 5.05. The van der Waals surface area contributed by atoms with Crippen LogP contribution in [0.3, 0.4) is 0 Å². The van der Waals surface area contributed by atoms with E-state index in [9.17, 15) is 10.1 Å². The van der Waals surface area contributed by atoms with Crippen molar-refractivity contribution >= 4 is 38.8 Å². The molecule has 20 heavy (non-hydrogen) atoms. The SMILES string of the molecule is CCCc1nn(C)c(NCc2sccc2Br)c1[N+](=O)[O-]. The van der Waals surface area contributed by atoms with Crippen molar-refractivity contribution in [2.24, 2.45) is 7.05 Å². The minimum Gasteiger partial charge on any atom is -0.360 e. The molecule has 0 aliphatic rings. The average molecular weight is 359 g/mol. The molecule has 0 aliphatic carbocycles. The lowest BCUT2D eigenvalue weighted by Gasteiger charge is -2.05. The van der Waals surface area contributed by atoms with E-state index in [1.165, 1.54) is 0 Å². The first-order chi connectivity index (χ1) is 9.54. The lowest BCUT2D eigenvalue weighted by molar-refractivity contribution is -0.384. The van der Waals surface area contributed by atoms with Gasteiger partial charge < -0.3 is 5.32 Å². The molecule has 0 unspecified atom stereocenters. The number of halogens is 1. The summed E-state index contributed by atoms with van der Waals surface area (Å²) in [7, 11) is 1.72. The van der Waals surface area contributed by atoms with E-state index < -0.39 is 0 Å². The highest BCUT2D eigenvalue weighted by Crippen LogP contribution is 2.30. The second-order valence-corrected chi connectivity index (χ2v) is 6.17. The van der Waals surface area contributed by atoms with Crippen molar-refractivity contribution in [3.05, 3.63) is 36.6 Å². The van der Waals surface area contributed by atoms with E-state index in [-0.39, 0.29) is 10.6 Å². The Morgan fingerprint density at radius 1 is 1.60 bits per heavy atom. The molecule has 0 fully saturated rings. The number of nitrogens with one attached hydrogen (secondary N) is 1. The number of hydrogen-bond acceptors (Lipinski definition) is 5. The predicted octanol–water partition coefficient (Wildman–Crippen LogP) is 3.72. The van der Waals surface area contributed by atoms with Gasteiger partial charge in [0.25, 0.3) is 0 Å². The zero-order valence-corrected chi connectivity index (χ0v) is 13.6. The second kappa shape index (κ2) is 6.36. The van der Waals surface area contributed by atoms with E-state index >= 15 is 0 Å². The highest BCUT2D eigenvalue weighted by Gasteiger charge is 2.25. The Kier molecular flexibility index (Phi) is 4.77. The first-order valence-corrected chi connectivity index (χ1v) is 7.87. The molecule has 2 aromatic rings. The van der Waals surface area contributed by atoms with Crippen LogP contribution in [0.5, 0.6) is 0 Å². The van der Waals surface area contributed by atoms with Crippen LogP contribution in [0.25, 0.3) is 0 Å². The van der Waals surface area contributed by atoms with Crippen molar-refractivity contribution < 1.29 is 4.92 Å². The third-order valence-electron chi connectivity index (χ3n) is 2.87. The second-order valence-electron chi connectivity index (χ2n) is 4.32. The van der Waals surface area contributed by atoms with Crippen molar-refractivity contribution in [2.45, 2.75) is 26.3 Å². The van der Waals surface area contributed by atoms with Gasteiger partial charge in [-0.2, -0.15) is 5.10 Å². The van der Waals surface area contributed by atoms with Gasteiger partial charge in [-0.25, -0.2) is 4.68 Å². The quantitative estimate of drug-likeness (QED) is 0.630. The smallest absolute Gasteiger partial charge is 0.334 e. The van der Waals surface area contributed by atoms with Gasteiger partial charge in [0.15, 0.2) is 0 Å². The monoisotopic (exact) mass is 358 g/mol. The summed E-state index contributed by atoms with van der Waals surface area (Å²) in [6.07, 6.45) is 1.43. The summed E-state index contributed by atoms with van der Waals surface area (Å²) in [6, 6.07) is 1.96. The van der Waals surface area contributed by atoms with Gasteiger partial charge in [0.1, 0.15) is 5.69 Å². The van der Waals surface area contributed by atoms with E-state index in [1.807, 2.05) is 18.4 Å². The number of aromatic nitrogens is 2. The van der Waals surface area contributed by atoms with Gasteiger partial charge in [0, 0.05) is 16.4 Å². The number of aryl methyl sites for hydroxylation is 2. The molecular formula is C12H15BrN4O2S. The third-order valence-corrected chi connectivity index (χ3v) is 4.80. The molecule has 6 nitrogen and oxygen atoms in total. The highest BCUT2D eigenvalue weighted by atomic mass is 79.9. The van der Waals surface area contributed by atoms with Gasteiger partial charge in [0.05, 0.1) is 11.5 Å². The zero-order chi connectivity index (χ0) is 14.7. The molecular weight excluding hydrogens is 344 g/mol. The van der Waals surface area contributed by atoms with Gasteiger partial charge in [0.2, 0.25) is 5.82 Å². The Bertz CT molecular complexity index is 623. The Morgan fingerprint density at radius 2 is 2.35 bits per heavy atom. The molecule has 2 aromatic heterocycles. The lowest BCUT2D eigenvalue weighted by Crippen LogP contribution is -2.05. The van der Waals surface area contributed by atoms with Crippen LogP contribution in [-0.2, 0) is 20.0 Å². The number of thiophene rings is 1. The number of anilines is 1. The number of hydrogen-bond donors (Lipinski definition) is 1. The molecule has 0 radical (unpaired) electrons. The predicted molar refractivity (Wildman–Crippen MR) is 83.2 cm³/mol. The fourth-order valence-electron chi connectivity index (χ4n) is 1.98. The Balaban J connectivity index is 2.26. The number of nitro groups is 1. The maximum Gasteiger partial charge on any atom is 0.334 e. The molecule has 1 N–H and O–H groups in total. The van der Waals surface area contributed by atoms with E-state index in [1.54, 1.807) is 23.1 Å². The lowest BCUT2D eigenvalue weighted by atomic mass is 10.2. The summed E-state index contributed by atoms with van der Waals surface area (Å²) in [6.45, 7) is 2.51. The highest BCUT2D eigenvalue weighted by molar-refractivity contribution is 9.10.